The highest BCUT2D eigenvalue weighted by molar-refractivity contribution is 5.46. The predicted molar refractivity (Wildman–Crippen MR) is 80.4 cm³/mol. The van der Waals surface area contributed by atoms with Crippen LogP contribution in [0.1, 0.15) is 11.4 Å². The molecule has 23 heavy (non-hydrogen) atoms. The fraction of sp³-hybridized carbons (Fsp3) is 0.400. The zero-order chi connectivity index (χ0) is 16.4. The van der Waals surface area contributed by atoms with E-state index in [1.165, 1.54) is 6.20 Å². The van der Waals surface area contributed by atoms with Crippen molar-refractivity contribution in [2.75, 3.05) is 36.0 Å². The molecule has 1 fully saturated rings. The molecule has 0 bridgehead atoms. The van der Waals surface area contributed by atoms with E-state index in [4.69, 9.17) is 0 Å². The van der Waals surface area contributed by atoms with Crippen molar-refractivity contribution >= 4 is 11.6 Å². The molecule has 1 saturated heterocycles. The summed E-state index contributed by atoms with van der Waals surface area (Å²) in [6.07, 6.45) is -1.44. The number of hydrogen-bond donors (Lipinski definition) is 0. The summed E-state index contributed by atoms with van der Waals surface area (Å²) in [6, 6.07) is 3.93. The van der Waals surface area contributed by atoms with Gasteiger partial charge in [-0.05, 0) is 25.1 Å². The first-order valence-electron chi connectivity index (χ1n) is 7.26. The summed E-state index contributed by atoms with van der Waals surface area (Å²) in [5.74, 6) is 1.90. The molecular formula is C15H16F3N5. The van der Waals surface area contributed by atoms with Crippen molar-refractivity contribution in [1.29, 1.82) is 0 Å². The van der Waals surface area contributed by atoms with E-state index in [1.807, 2.05) is 17.9 Å². The molecule has 0 atom stereocenters. The second-order valence-corrected chi connectivity index (χ2v) is 5.34. The Balaban J connectivity index is 1.70. The molecule has 122 valence electrons. The fourth-order valence-electron chi connectivity index (χ4n) is 2.55. The topological polar surface area (TPSA) is 45.2 Å². The van der Waals surface area contributed by atoms with Gasteiger partial charge in [-0.25, -0.2) is 15.0 Å². The van der Waals surface area contributed by atoms with Gasteiger partial charge in [-0.2, -0.15) is 13.2 Å². The van der Waals surface area contributed by atoms with Crippen molar-refractivity contribution in [3.05, 3.63) is 42.0 Å². The molecule has 0 spiro atoms. The molecule has 3 rings (SSSR count). The SMILES string of the molecule is Cc1nccc(N2CCN(c3cc(C(F)(F)F)ccn3)CC2)n1. The summed E-state index contributed by atoms with van der Waals surface area (Å²) in [5, 5.41) is 0. The molecule has 2 aromatic rings. The Kier molecular flexibility index (Phi) is 4.06. The van der Waals surface area contributed by atoms with Crippen LogP contribution in [-0.4, -0.2) is 41.1 Å². The van der Waals surface area contributed by atoms with Gasteiger partial charge in [0.25, 0.3) is 0 Å². The Morgan fingerprint density at radius 2 is 1.52 bits per heavy atom. The van der Waals surface area contributed by atoms with Gasteiger partial charge in [0.05, 0.1) is 5.56 Å². The lowest BCUT2D eigenvalue weighted by atomic mass is 10.2. The van der Waals surface area contributed by atoms with Crippen molar-refractivity contribution in [2.45, 2.75) is 13.1 Å². The number of aryl methyl sites for hydroxylation is 1. The summed E-state index contributed by atoms with van der Waals surface area (Å²) in [5.41, 5.74) is -0.670. The van der Waals surface area contributed by atoms with Gasteiger partial charge >= 0.3 is 6.18 Å². The van der Waals surface area contributed by atoms with Gasteiger partial charge in [-0.15, -0.1) is 0 Å². The highest BCUT2D eigenvalue weighted by Crippen LogP contribution is 2.31. The number of hydrogen-bond acceptors (Lipinski definition) is 5. The van der Waals surface area contributed by atoms with Gasteiger partial charge in [0.1, 0.15) is 17.5 Å². The molecule has 1 aliphatic heterocycles. The molecule has 5 nitrogen and oxygen atoms in total. The van der Waals surface area contributed by atoms with E-state index >= 15 is 0 Å². The molecule has 0 unspecified atom stereocenters. The standard InChI is InChI=1S/C15H16F3N5/c1-11-19-5-3-13(21-11)22-6-8-23(9-7-22)14-10-12(2-4-20-14)15(16,17)18/h2-5,10H,6-9H2,1H3. The minimum atomic E-state index is -4.35. The Morgan fingerprint density at radius 1 is 0.913 bits per heavy atom. The molecule has 0 radical (unpaired) electrons. The van der Waals surface area contributed by atoms with Crippen LogP contribution in [0.3, 0.4) is 0 Å². The van der Waals surface area contributed by atoms with E-state index in [2.05, 4.69) is 19.9 Å². The van der Waals surface area contributed by atoms with Crippen molar-refractivity contribution in [3.8, 4) is 0 Å². The van der Waals surface area contributed by atoms with Crippen molar-refractivity contribution in [3.63, 3.8) is 0 Å². The second-order valence-electron chi connectivity index (χ2n) is 5.34. The summed E-state index contributed by atoms with van der Waals surface area (Å²) < 4.78 is 38.4. The van der Waals surface area contributed by atoms with E-state index in [0.29, 0.717) is 37.8 Å². The second kappa shape index (κ2) is 6.02. The maximum Gasteiger partial charge on any atom is 0.416 e. The van der Waals surface area contributed by atoms with Crippen molar-refractivity contribution in [1.82, 2.24) is 15.0 Å². The first-order chi connectivity index (χ1) is 10.9. The van der Waals surface area contributed by atoms with Crippen LogP contribution < -0.4 is 9.80 Å². The lowest BCUT2D eigenvalue weighted by Crippen LogP contribution is -2.47. The third-order valence-corrected chi connectivity index (χ3v) is 3.76. The van der Waals surface area contributed by atoms with E-state index in [0.717, 1.165) is 18.0 Å². The monoisotopic (exact) mass is 323 g/mol. The molecule has 3 heterocycles. The van der Waals surface area contributed by atoms with Gasteiger partial charge in [0.2, 0.25) is 0 Å². The lowest BCUT2D eigenvalue weighted by Gasteiger charge is -2.36. The zero-order valence-corrected chi connectivity index (χ0v) is 12.6. The maximum absolute atomic E-state index is 12.8. The van der Waals surface area contributed by atoms with Gasteiger partial charge < -0.3 is 9.80 Å². The van der Waals surface area contributed by atoms with Gasteiger partial charge in [0.15, 0.2) is 0 Å². The highest BCUT2D eigenvalue weighted by Gasteiger charge is 2.31. The van der Waals surface area contributed by atoms with E-state index < -0.39 is 11.7 Å². The minimum absolute atomic E-state index is 0.360. The molecule has 1 aliphatic rings. The molecule has 0 aromatic carbocycles. The van der Waals surface area contributed by atoms with Crippen LogP contribution in [0.15, 0.2) is 30.6 Å². The van der Waals surface area contributed by atoms with Crippen LogP contribution in [0.4, 0.5) is 24.8 Å². The summed E-state index contributed by atoms with van der Waals surface area (Å²) in [7, 11) is 0. The zero-order valence-electron chi connectivity index (χ0n) is 12.6. The van der Waals surface area contributed by atoms with E-state index in [9.17, 15) is 13.2 Å². The van der Waals surface area contributed by atoms with Crippen LogP contribution >= 0.6 is 0 Å². The third kappa shape index (κ3) is 3.52. The molecule has 2 aromatic heterocycles. The van der Waals surface area contributed by atoms with Gasteiger partial charge in [0, 0.05) is 38.6 Å². The fourth-order valence-corrected chi connectivity index (χ4v) is 2.55. The molecule has 8 heteroatoms. The number of piperazine rings is 1. The van der Waals surface area contributed by atoms with E-state index in [-0.39, 0.29) is 0 Å². The van der Waals surface area contributed by atoms with Crippen molar-refractivity contribution in [2.24, 2.45) is 0 Å². The third-order valence-electron chi connectivity index (χ3n) is 3.76. The Bertz CT molecular complexity index is 681. The predicted octanol–water partition coefficient (Wildman–Crippen LogP) is 2.53. The Labute approximate surface area is 131 Å². The van der Waals surface area contributed by atoms with Crippen LogP contribution in [0.25, 0.3) is 0 Å². The number of nitrogens with zero attached hydrogens (tertiary/aromatic N) is 5. The highest BCUT2D eigenvalue weighted by atomic mass is 19.4. The quantitative estimate of drug-likeness (QED) is 0.850. The molecule has 0 saturated carbocycles. The lowest BCUT2D eigenvalue weighted by molar-refractivity contribution is -0.137. The van der Waals surface area contributed by atoms with Crippen molar-refractivity contribution < 1.29 is 13.2 Å². The van der Waals surface area contributed by atoms with Crippen LogP contribution in [0.5, 0.6) is 0 Å². The van der Waals surface area contributed by atoms with Crippen LogP contribution in [0, 0.1) is 6.92 Å². The normalized spacial score (nSPS) is 15.8. The molecule has 0 aliphatic carbocycles. The molecular weight excluding hydrogens is 307 g/mol. The van der Waals surface area contributed by atoms with Gasteiger partial charge in [-0.3, -0.25) is 0 Å². The number of alkyl halides is 3. The van der Waals surface area contributed by atoms with Crippen LogP contribution in [-0.2, 0) is 6.18 Å². The molecule has 0 N–H and O–H groups in total. The maximum atomic E-state index is 12.8. The minimum Gasteiger partial charge on any atom is -0.353 e. The largest absolute Gasteiger partial charge is 0.416 e. The number of halogens is 3. The Morgan fingerprint density at radius 3 is 2.13 bits per heavy atom. The first-order valence-corrected chi connectivity index (χ1v) is 7.26. The number of pyridine rings is 1. The number of aromatic nitrogens is 3. The average molecular weight is 323 g/mol. The van der Waals surface area contributed by atoms with Gasteiger partial charge in [-0.1, -0.05) is 0 Å². The Hall–Kier alpha value is -2.38. The van der Waals surface area contributed by atoms with E-state index in [1.54, 1.807) is 6.20 Å². The van der Waals surface area contributed by atoms with Crippen LogP contribution in [0.2, 0.25) is 0 Å². The molecule has 0 amide bonds. The summed E-state index contributed by atoms with van der Waals surface area (Å²) in [4.78, 5) is 16.5. The number of rotatable bonds is 2. The summed E-state index contributed by atoms with van der Waals surface area (Å²) in [6.45, 7) is 4.36. The number of anilines is 2. The first kappa shape index (κ1) is 15.5. The average Bonchev–Trinajstić information content (AvgIpc) is 2.54. The summed E-state index contributed by atoms with van der Waals surface area (Å²) >= 11 is 0. The smallest absolute Gasteiger partial charge is 0.353 e.